The number of nitrogens with zero attached hydrogens (tertiary/aromatic N) is 3. The molecule has 1 N–H and O–H groups in total. The summed E-state index contributed by atoms with van der Waals surface area (Å²) in [5.74, 6) is 1.63. The average molecular weight is 229 g/mol. The van der Waals surface area contributed by atoms with Crippen molar-refractivity contribution in [3.63, 3.8) is 0 Å². The van der Waals surface area contributed by atoms with Crippen molar-refractivity contribution in [3.05, 3.63) is 11.6 Å². The van der Waals surface area contributed by atoms with Gasteiger partial charge in [0.25, 0.3) is 0 Å². The van der Waals surface area contributed by atoms with E-state index in [1.54, 1.807) is 0 Å². The molecule has 5 nitrogen and oxygen atoms in total. The molecular weight excluding hydrogens is 216 g/mol. The van der Waals surface area contributed by atoms with Crippen molar-refractivity contribution in [1.29, 1.82) is 0 Å². The van der Waals surface area contributed by atoms with E-state index >= 15 is 0 Å². The Morgan fingerprint density at radius 1 is 1.67 bits per heavy atom. The lowest BCUT2D eigenvalue weighted by atomic mass is 10.3. The summed E-state index contributed by atoms with van der Waals surface area (Å²) in [6, 6.07) is -0.129. The molecule has 0 radical (unpaired) electrons. The van der Waals surface area contributed by atoms with Crippen LogP contribution in [0.1, 0.15) is 31.0 Å². The summed E-state index contributed by atoms with van der Waals surface area (Å²) in [5.41, 5.74) is 0. The van der Waals surface area contributed by atoms with Gasteiger partial charge in [0.1, 0.15) is 11.7 Å². The highest BCUT2D eigenvalue weighted by atomic mass is 35.5. The maximum atomic E-state index is 11.1. The molecule has 1 atom stereocenters. The Morgan fingerprint density at radius 2 is 2.47 bits per heavy atom. The Labute approximate surface area is 92.8 Å². The molecule has 2 heterocycles. The summed E-state index contributed by atoms with van der Waals surface area (Å²) in [6.45, 7) is 2.83. The highest BCUT2D eigenvalue weighted by Crippen LogP contribution is 2.18. The molecule has 0 saturated carbocycles. The SMILES string of the molecule is CC(NC(=O)CCl)c1nnc2n1CCC2. The largest absolute Gasteiger partial charge is 0.345 e. The lowest BCUT2D eigenvalue weighted by Crippen LogP contribution is -2.29. The van der Waals surface area contributed by atoms with Gasteiger partial charge < -0.3 is 9.88 Å². The minimum absolute atomic E-state index is 0.0225. The summed E-state index contributed by atoms with van der Waals surface area (Å²) >= 11 is 5.42. The molecule has 0 saturated heterocycles. The van der Waals surface area contributed by atoms with E-state index in [-0.39, 0.29) is 17.8 Å². The number of rotatable bonds is 3. The smallest absolute Gasteiger partial charge is 0.235 e. The number of nitrogens with one attached hydrogen (secondary N) is 1. The predicted octanol–water partition coefficient (Wildman–Crippen LogP) is 0.640. The second-order valence-corrected chi connectivity index (χ2v) is 3.92. The van der Waals surface area contributed by atoms with Crippen LogP contribution in [0.3, 0.4) is 0 Å². The zero-order chi connectivity index (χ0) is 10.8. The second-order valence-electron chi connectivity index (χ2n) is 3.65. The Hall–Kier alpha value is -1.10. The molecule has 0 fully saturated rings. The lowest BCUT2D eigenvalue weighted by Gasteiger charge is -2.12. The molecule has 1 aromatic heterocycles. The van der Waals surface area contributed by atoms with E-state index in [2.05, 4.69) is 20.1 Å². The first kappa shape index (κ1) is 10.4. The third-order valence-corrected chi connectivity index (χ3v) is 2.77. The van der Waals surface area contributed by atoms with E-state index in [4.69, 9.17) is 11.6 Å². The number of halogens is 1. The van der Waals surface area contributed by atoms with Crippen LogP contribution in [0, 0.1) is 0 Å². The van der Waals surface area contributed by atoms with E-state index in [1.165, 1.54) is 0 Å². The van der Waals surface area contributed by atoms with E-state index < -0.39 is 0 Å². The molecule has 1 aliphatic heterocycles. The first-order chi connectivity index (χ1) is 7.22. The van der Waals surface area contributed by atoms with Crippen LogP contribution >= 0.6 is 11.6 Å². The molecule has 0 aliphatic carbocycles. The van der Waals surface area contributed by atoms with Gasteiger partial charge >= 0.3 is 0 Å². The van der Waals surface area contributed by atoms with E-state index in [1.807, 2.05) is 6.92 Å². The molecule has 0 bridgehead atoms. The Balaban J connectivity index is 2.12. The monoisotopic (exact) mass is 228 g/mol. The Morgan fingerprint density at radius 3 is 3.20 bits per heavy atom. The fourth-order valence-corrected chi connectivity index (χ4v) is 1.92. The fraction of sp³-hybridized carbons (Fsp3) is 0.667. The van der Waals surface area contributed by atoms with E-state index in [9.17, 15) is 4.79 Å². The molecule has 0 spiro atoms. The highest BCUT2D eigenvalue weighted by Gasteiger charge is 2.21. The molecule has 1 aliphatic rings. The summed E-state index contributed by atoms with van der Waals surface area (Å²) in [6.07, 6.45) is 2.08. The maximum Gasteiger partial charge on any atom is 0.235 e. The molecule has 82 valence electrons. The van der Waals surface area contributed by atoms with Gasteiger partial charge in [-0.1, -0.05) is 0 Å². The molecule has 15 heavy (non-hydrogen) atoms. The molecule has 2 rings (SSSR count). The van der Waals surface area contributed by atoms with Crippen molar-refractivity contribution in [2.75, 3.05) is 5.88 Å². The third kappa shape index (κ3) is 1.97. The quantitative estimate of drug-likeness (QED) is 0.773. The van der Waals surface area contributed by atoms with Gasteiger partial charge in [0.2, 0.25) is 5.91 Å². The van der Waals surface area contributed by atoms with Crippen LogP contribution in [0.2, 0.25) is 0 Å². The Kier molecular flexibility index (Phi) is 2.90. The van der Waals surface area contributed by atoms with Gasteiger partial charge in [0.05, 0.1) is 6.04 Å². The molecule has 0 aromatic carbocycles. The number of aryl methyl sites for hydroxylation is 1. The minimum atomic E-state index is -0.181. The zero-order valence-electron chi connectivity index (χ0n) is 8.53. The first-order valence-electron chi connectivity index (χ1n) is 4.99. The van der Waals surface area contributed by atoms with Gasteiger partial charge in [0, 0.05) is 13.0 Å². The van der Waals surface area contributed by atoms with Crippen LogP contribution in [-0.2, 0) is 17.8 Å². The van der Waals surface area contributed by atoms with Gasteiger partial charge in [0.15, 0.2) is 5.82 Å². The molecule has 6 heteroatoms. The summed E-state index contributed by atoms with van der Waals surface area (Å²) in [7, 11) is 0. The number of hydrogen-bond acceptors (Lipinski definition) is 3. The number of carbonyl (C=O) groups is 1. The third-order valence-electron chi connectivity index (χ3n) is 2.52. The van der Waals surface area contributed by atoms with Crippen LogP contribution in [-0.4, -0.2) is 26.6 Å². The van der Waals surface area contributed by atoms with Crippen molar-refractivity contribution >= 4 is 17.5 Å². The van der Waals surface area contributed by atoms with Crippen LogP contribution in [0.5, 0.6) is 0 Å². The van der Waals surface area contributed by atoms with Gasteiger partial charge in [-0.25, -0.2) is 0 Å². The van der Waals surface area contributed by atoms with Crippen molar-refractivity contribution in [2.45, 2.75) is 32.4 Å². The van der Waals surface area contributed by atoms with Crippen LogP contribution in [0.4, 0.5) is 0 Å². The molecular formula is C9H13ClN4O. The minimum Gasteiger partial charge on any atom is -0.345 e. The normalized spacial score (nSPS) is 16.1. The van der Waals surface area contributed by atoms with Crippen molar-refractivity contribution in [2.24, 2.45) is 0 Å². The number of hydrogen-bond donors (Lipinski definition) is 1. The zero-order valence-corrected chi connectivity index (χ0v) is 9.29. The number of fused-ring (bicyclic) bond motifs is 1. The van der Waals surface area contributed by atoms with Gasteiger partial charge in [-0.15, -0.1) is 21.8 Å². The topological polar surface area (TPSA) is 59.8 Å². The van der Waals surface area contributed by atoms with Gasteiger partial charge in [-0.2, -0.15) is 0 Å². The predicted molar refractivity (Wildman–Crippen MR) is 55.6 cm³/mol. The van der Waals surface area contributed by atoms with Gasteiger partial charge in [-0.3, -0.25) is 4.79 Å². The Bertz CT molecular complexity index is 376. The summed E-state index contributed by atoms with van der Waals surface area (Å²) in [4.78, 5) is 11.1. The number of aromatic nitrogens is 3. The first-order valence-corrected chi connectivity index (χ1v) is 5.53. The van der Waals surface area contributed by atoms with Crippen LogP contribution in [0.15, 0.2) is 0 Å². The standard InChI is InChI=1S/C9H13ClN4O/c1-6(11-8(15)5-10)9-13-12-7-3-2-4-14(7)9/h6H,2-5H2,1H3,(H,11,15). The fourth-order valence-electron chi connectivity index (χ4n) is 1.84. The molecule has 1 amide bonds. The summed E-state index contributed by atoms with van der Waals surface area (Å²) in [5, 5.41) is 10.9. The van der Waals surface area contributed by atoms with Gasteiger partial charge in [-0.05, 0) is 13.3 Å². The maximum absolute atomic E-state index is 11.1. The second kappa shape index (κ2) is 4.18. The lowest BCUT2D eigenvalue weighted by molar-refractivity contribution is -0.119. The number of amides is 1. The summed E-state index contributed by atoms with van der Waals surface area (Å²) < 4.78 is 2.07. The average Bonchev–Trinajstić information content (AvgIpc) is 2.77. The van der Waals surface area contributed by atoms with E-state index in [0.29, 0.717) is 0 Å². The van der Waals surface area contributed by atoms with Crippen molar-refractivity contribution in [3.8, 4) is 0 Å². The molecule has 1 aromatic rings. The van der Waals surface area contributed by atoms with Crippen molar-refractivity contribution < 1.29 is 4.79 Å². The highest BCUT2D eigenvalue weighted by molar-refractivity contribution is 6.27. The van der Waals surface area contributed by atoms with E-state index in [0.717, 1.165) is 31.0 Å². The molecule has 1 unspecified atom stereocenters. The van der Waals surface area contributed by atoms with Crippen LogP contribution < -0.4 is 5.32 Å². The van der Waals surface area contributed by atoms with Crippen molar-refractivity contribution in [1.82, 2.24) is 20.1 Å². The number of carbonyl (C=O) groups excluding carboxylic acids is 1. The number of alkyl halides is 1. The van der Waals surface area contributed by atoms with Crippen LogP contribution in [0.25, 0.3) is 0 Å².